The fourth-order valence-electron chi connectivity index (χ4n) is 4.04. The minimum atomic E-state index is 0.0540. The fraction of sp³-hybridized carbons (Fsp3) is 0.524. The zero-order valence-corrected chi connectivity index (χ0v) is 16.8. The van der Waals surface area contributed by atoms with Gasteiger partial charge in [-0.15, -0.1) is 0 Å². The predicted molar refractivity (Wildman–Crippen MR) is 109 cm³/mol. The summed E-state index contributed by atoms with van der Waals surface area (Å²) in [5.41, 5.74) is 1.76. The highest BCUT2D eigenvalue weighted by molar-refractivity contribution is 5.92. The van der Waals surface area contributed by atoms with Crippen LogP contribution in [-0.4, -0.2) is 71.6 Å². The van der Waals surface area contributed by atoms with E-state index in [0.29, 0.717) is 5.69 Å². The number of methoxy groups -OCH3 is 1. The molecule has 0 bridgehead atoms. The van der Waals surface area contributed by atoms with E-state index in [1.54, 1.807) is 7.11 Å². The minimum Gasteiger partial charge on any atom is -0.497 e. The van der Waals surface area contributed by atoms with Crippen LogP contribution in [0.1, 0.15) is 29.7 Å². The molecule has 0 aliphatic carbocycles. The number of piperazine rings is 1. The Balaban J connectivity index is 1.36. The van der Waals surface area contributed by atoms with Gasteiger partial charge >= 0.3 is 0 Å². The standard InChI is InChI=1S/C21H29N5O2/c1-3-8-23-9-10-26-15-19(22-20(26)16-23)21(27)25-13-11-24(12-14-25)17-4-6-18(28-2)7-5-17/h4-7,15H,3,8-14,16H2,1-2H3. The van der Waals surface area contributed by atoms with Gasteiger partial charge in [0.05, 0.1) is 13.7 Å². The highest BCUT2D eigenvalue weighted by atomic mass is 16.5. The average Bonchev–Trinajstić information content (AvgIpc) is 3.17. The first-order chi connectivity index (χ1) is 13.7. The molecule has 2 aliphatic rings. The van der Waals surface area contributed by atoms with Crippen LogP contribution in [0.25, 0.3) is 0 Å². The van der Waals surface area contributed by atoms with Gasteiger partial charge in [-0.2, -0.15) is 0 Å². The van der Waals surface area contributed by atoms with Crippen LogP contribution >= 0.6 is 0 Å². The van der Waals surface area contributed by atoms with E-state index in [0.717, 1.165) is 70.4 Å². The SMILES string of the molecule is CCCN1CCn2cc(C(=O)N3CCN(c4ccc(OC)cc4)CC3)nc2C1. The number of benzene rings is 1. The average molecular weight is 383 g/mol. The summed E-state index contributed by atoms with van der Waals surface area (Å²) in [6.45, 7) is 9.17. The summed E-state index contributed by atoms with van der Waals surface area (Å²) in [5.74, 6) is 1.93. The number of ether oxygens (including phenoxy) is 1. The smallest absolute Gasteiger partial charge is 0.274 e. The lowest BCUT2D eigenvalue weighted by molar-refractivity contribution is 0.0741. The molecular formula is C21H29N5O2. The first-order valence-corrected chi connectivity index (χ1v) is 10.1. The number of hydrogen-bond acceptors (Lipinski definition) is 5. The quantitative estimate of drug-likeness (QED) is 0.791. The van der Waals surface area contributed by atoms with E-state index in [-0.39, 0.29) is 5.91 Å². The Bertz CT molecular complexity index is 809. The molecule has 0 radical (unpaired) electrons. The van der Waals surface area contributed by atoms with Crippen molar-refractivity contribution in [2.75, 3.05) is 51.3 Å². The van der Waals surface area contributed by atoms with Gasteiger partial charge in [-0.3, -0.25) is 9.69 Å². The highest BCUT2D eigenvalue weighted by Crippen LogP contribution is 2.21. The van der Waals surface area contributed by atoms with Crippen molar-refractivity contribution >= 4 is 11.6 Å². The van der Waals surface area contributed by atoms with E-state index in [1.165, 1.54) is 5.69 Å². The Morgan fingerprint density at radius 1 is 1.07 bits per heavy atom. The lowest BCUT2D eigenvalue weighted by atomic mass is 10.2. The second-order valence-electron chi connectivity index (χ2n) is 7.49. The maximum atomic E-state index is 13.0. The van der Waals surface area contributed by atoms with E-state index in [9.17, 15) is 4.79 Å². The Kier molecular flexibility index (Phi) is 5.52. The van der Waals surface area contributed by atoms with Crippen LogP contribution in [0.2, 0.25) is 0 Å². The zero-order chi connectivity index (χ0) is 19.5. The number of rotatable bonds is 5. The summed E-state index contributed by atoms with van der Waals surface area (Å²) in [6, 6.07) is 8.10. The van der Waals surface area contributed by atoms with Crippen LogP contribution in [0, 0.1) is 0 Å². The van der Waals surface area contributed by atoms with E-state index in [2.05, 4.69) is 38.4 Å². The summed E-state index contributed by atoms with van der Waals surface area (Å²) >= 11 is 0. The first kappa shape index (κ1) is 18.8. The van der Waals surface area contributed by atoms with Crippen molar-refractivity contribution in [2.45, 2.75) is 26.4 Å². The molecule has 1 aromatic heterocycles. The van der Waals surface area contributed by atoms with Crippen molar-refractivity contribution in [1.29, 1.82) is 0 Å². The van der Waals surface area contributed by atoms with Crippen LogP contribution in [0.5, 0.6) is 5.75 Å². The highest BCUT2D eigenvalue weighted by Gasteiger charge is 2.26. The molecule has 1 fully saturated rings. The first-order valence-electron chi connectivity index (χ1n) is 10.1. The fourth-order valence-corrected chi connectivity index (χ4v) is 4.04. The van der Waals surface area contributed by atoms with E-state index in [1.807, 2.05) is 23.2 Å². The van der Waals surface area contributed by atoms with E-state index in [4.69, 9.17) is 4.74 Å². The van der Waals surface area contributed by atoms with Gasteiger partial charge in [0.25, 0.3) is 5.91 Å². The molecule has 7 nitrogen and oxygen atoms in total. The largest absolute Gasteiger partial charge is 0.497 e. The molecule has 2 aliphatic heterocycles. The van der Waals surface area contributed by atoms with Gasteiger partial charge in [0, 0.05) is 51.2 Å². The van der Waals surface area contributed by atoms with E-state index >= 15 is 0 Å². The van der Waals surface area contributed by atoms with Crippen LogP contribution in [0.4, 0.5) is 5.69 Å². The molecule has 4 rings (SSSR count). The summed E-state index contributed by atoms with van der Waals surface area (Å²) in [4.78, 5) is 24.3. The third-order valence-electron chi connectivity index (χ3n) is 5.64. The lowest BCUT2D eigenvalue weighted by Crippen LogP contribution is -2.48. The predicted octanol–water partition coefficient (Wildman–Crippen LogP) is 2.08. The van der Waals surface area contributed by atoms with Crippen molar-refractivity contribution in [2.24, 2.45) is 0 Å². The summed E-state index contributed by atoms with van der Waals surface area (Å²) in [7, 11) is 1.68. The van der Waals surface area contributed by atoms with Crippen LogP contribution in [0.3, 0.4) is 0 Å². The molecular weight excluding hydrogens is 354 g/mol. The Morgan fingerprint density at radius 3 is 2.50 bits per heavy atom. The molecule has 0 saturated carbocycles. The molecule has 1 amide bonds. The van der Waals surface area contributed by atoms with Crippen molar-refractivity contribution < 1.29 is 9.53 Å². The molecule has 1 aromatic carbocycles. The molecule has 0 N–H and O–H groups in total. The number of fused-ring (bicyclic) bond motifs is 1. The Morgan fingerprint density at radius 2 is 1.82 bits per heavy atom. The third kappa shape index (κ3) is 3.85. The number of nitrogens with zero attached hydrogens (tertiary/aromatic N) is 5. The number of amides is 1. The molecule has 2 aromatic rings. The van der Waals surface area contributed by atoms with Crippen LogP contribution in [-0.2, 0) is 13.1 Å². The van der Waals surface area contributed by atoms with Gasteiger partial charge in [-0.1, -0.05) is 6.92 Å². The number of carbonyl (C=O) groups excluding carboxylic acids is 1. The summed E-state index contributed by atoms with van der Waals surface area (Å²) < 4.78 is 7.37. The van der Waals surface area contributed by atoms with Gasteiger partial charge in [0.1, 0.15) is 17.3 Å². The minimum absolute atomic E-state index is 0.0540. The number of imidazole rings is 1. The van der Waals surface area contributed by atoms with Gasteiger partial charge in [-0.25, -0.2) is 4.98 Å². The van der Waals surface area contributed by atoms with Crippen LogP contribution in [0.15, 0.2) is 30.5 Å². The second-order valence-corrected chi connectivity index (χ2v) is 7.49. The van der Waals surface area contributed by atoms with E-state index < -0.39 is 0 Å². The summed E-state index contributed by atoms with van der Waals surface area (Å²) in [5, 5.41) is 0. The Hall–Kier alpha value is -2.54. The monoisotopic (exact) mass is 383 g/mol. The molecule has 0 atom stereocenters. The molecule has 28 heavy (non-hydrogen) atoms. The molecule has 0 spiro atoms. The van der Waals surface area contributed by atoms with Crippen molar-refractivity contribution in [3.8, 4) is 5.75 Å². The maximum absolute atomic E-state index is 13.0. The normalized spacial score (nSPS) is 17.5. The lowest BCUT2D eigenvalue weighted by Gasteiger charge is -2.35. The van der Waals surface area contributed by atoms with Crippen LogP contribution < -0.4 is 9.64 Å². The van der Waals surface area contributed by atoms with Crippen molar-refractivity contribution in [1.82, 2.24) is 19.4 Å². The van der Waals surface area contributed by atoms with Gasteiger partial charge in [0.15, 0.2) is 0 Å². The van der Waals surface area contributed by atoms with Crippen molar-refractivity contribution in [3.05, 3.63) is 42.0 Å². The molecule has 0 unspecified atom stereocenters. The number of carbonyl (C=O) groups is 1. The number of anilines is 1. The molecule has 150 valence electrons. The summed E-state index contributed by atoms with van der Waals surface area (Å²) in [6.07, 6.45) is 3.09. The zero-order valence-electron chi connectivity index (χ0n) is 16.8. The van der Waals surface area contributed by atoms with Gasteiger partial charge in [-0.05, 0) is 37.2 Å². The number of aromatic nitrogens is 2. The van der Waals surface area contributed by atoms with Gasteiger partial charge < -0.3 is 19.1 Å². The van der Waals surface area contributed by atoms with Gasteiger partial charge in [0.2, 0.25) is 0 Å². The topological polar surface area (TPSA) is 53.8 Å². The third-order valence-corrected chi connectivity index (χ3v) is 5.64. The maximum Gasteiger partial charge on any atom is 0.274 e. The molecule has 7 heteroatoms. The second kappa shape index (κ2) is 8.22. The Labute approximate surface area is 166 Å². The molecule has 1 saturated heterocycles. The molecule has 3 heterocycles. The number of hydrogen-bond donors (Lipinski definition) is 0. The van der Waals surface area contributed by atoms with Crippen molar-refractivity contribution in [3.63, 3.8) is 0 Å².